The summed E-state index contributed by atoms with van der Waals surface area (Å²) in [4.78, 5) is 4.52. The third kappa shape index (κ3) is 3.89. The van der Waals surface area contributed by atoms with Crippen LogP contribution < -0.4 is 0 Å². The molecule has 6 heteroatoms. The van der Waals surface area contributed by atoms with E-state index in [9.17, 15) is 10.2 Å². The molecule has 1 aromatic carbocycles. The van der Waals surface area contributed by atoms with Crippen LogP contribution in [0.1, 0.15) is 11.1 Å². The molecule has 22 heavy (non-hydrogen) atoms. The second-order valence-corrected chi connectivity index (χ2v) is 5.89. The first-order valence-corrected chi connectivity index (χ1v) is 7.86. The first kappa shape index (κ1) is 15.6. The van der Waals surface area contributed by atoms with Crippen molar-refractivity contribution in [1.29, 1.82) is 0 Å². The maximum Gasteiger partial charge on any atom is 0.123 e. The lowest BCUT2D eigenvalue weighted by atomic mass is 10.1. The SMILES string of the molecule is Oc1cc(O)c(CN2CCOCC2)cc1CN1CCOCC1. The van der Waals surface area contributed by atoms with Crippen LogP contribution in [0.15, 0.2) is 12.1 Å². The molecule has 6 nitrogen and oxygen atoms in total. The molecule has 0 unspecified atom stereocenters. The minimum atomic E-state index is 0.162. The number of hydrogen-bond acceptors (Lipinski definition) is 6. The van der Waals surface area contributed by atoms with Crippen LogP contribution in [0.25, 0.3) is 0 Å². The fourth-order valence-electron chi connectivity index (χ4n) is 2.93. The van der Waals surface area contributed by atoms with Crippen molar-refractivity contribution in [2.24, 2.45) is 0 Å². The number of hydrogen-bond donors (Lipinski definition) is 2. The van der Waals surface area contributed by atoms with Gasteiger partial charge >= 0.3 is 0 Å². The van der Waals surface area contributed by atoms with Gasteiger partial charge in [0.1, 0.15) is 11.5 Å². The van der Waals surface area contributed by atoms with E-state index >= 15 is 0 Å². The van der Waals surface area contributed by atoms with Crippen molar-refractivity contribution in [3.8, 4) is 11.5 Å². The molecule has 3 rings (SSSR count). The zero-order chi connectivity index (χ0) is 15.4. The monoisotopic (exact) mass is 308 g/mol. The van der Waals surface area contributed by atoms with E-state index in [1.807, 2.05) is 6.07 Å². The average Bonchev–Trinajstić information content (AvgIpc) is 2.54. The maximum atomic E-state index is 10.1. The summed E-state index contributed by atoms with van der Waals surface area (Å²) >= 11 is 0. The number of rotatable bonds is 4. The molecule has 1 aromatic rings. The molecule has 0 atom stereocenters. The Bertz CT molecular complexity index is 456. The molecule has 0 saturated carbocycles. The van der Waals surface area contributed by atoms with Gasteiger partial charge in [-0.25, -0.2) is 0 Å². The minimum Gasteiger partial charge on any atom is -0.507 e. The van der Waals surface area contributed by atoms with Gasteiger partial charge in [-0.2, -0.15) is 0 Å². The lowest BCUT2D eigenvalue weighted by Gasteiger charge is -2.28. The number of nitrogens with zero attached hydrogens (tertiary/aromatic N) is 2. The molecule has 122 valence electrons. The van der Waals surface area contributed by atoms with Crippen LogP contribution in [0.2, 0.25) is 0 Å². The van der Waals surface area contributed by atoms with Crippen LogP contribution in [0.4, 0.5) is 0 Å². The largest absolute Gasteiger partial charge is 0.507 e. The van der Waals surface area contributed by atoms with Crippen molar-refractivity contribution in [2.75, 3.05) is 52.6 Å². The van der Waals surface area contributed by atoms with Crippen molar-refractivity contribution >= 4 is 0 Å². The zero-order valence-corrected chi connectivity index (χ0v) is 12.8. The van der Waals surface area contributed by atoms with E-state index in [4.69, 9.17) is 9.47 Å². The highest BCUT2D eigenvalue weighted by molar-refractivity contribution is 5.45. The highest BCUT2D eigenvalue weighted by atomic mass is 16.5. The van der Waals surface area contributed by atoms with Gasteiger partial charge in [-0.15, -0.1) is 0 Å². The Morgan fingerprint density at radius 1 is 0.727 bits per heavy atom. The number of ether oxygens (including phenoxy) is 2. The molecule has 2 saturated heterocycles. The van der Waals surface area contributed by atoms with Crippen LogP contribution in [0, 0.1) is 0 Å². The van der Waals surface area contributed by atoms with Gasteiger partial charge in [0.15, 0.2) is 0 Å². The van der Waals surface area contributed by atoms with Gasteiger partial charge in [0.25, 0.3) is 0 Å². The summed E-state index contributed by atoms with van der Waals surface area (Å²) in [7, 11) is 0. The highest BCUT2D eigenvalue weighted by Gasteiger charge is 2.17. The molecule has 2 aliphatic rings. The summed E-state index contributed by atoms with van der Waals surface area (Å²) in [6, 6.07) is 3.39. The maximum absolute atomic E-state index is 10.1. The number of aromatic hydroxyl groups is 2. The summed E-state index contributed by atoms with van der Waals surface area (Å²) in [5.41, 5.74) is 1.73. The fourth-order valence-corrected chi connectivity index (χ4v) is 2.93. The van der Waals surface area contributed by atoms with E-state index in [1.165, 1.54) is 6.07 Å². The Morgan fingerprint density at radius 3 is 1.55 bits per heavy atom. The summed E-state index contributed by atoms with van der Waals surface area (Å²) in [6.07, 6.45) is 0. The minimum absolute atomic E-state index is 0.162. The lowest BCUT2D eigenvalue weighted by Crippen LogP contribution is -2.36. The predicted molar refractivity (Wildman–Crippen MR) is 82.0 cm³/mol. The van der Waals surface area contributed by atoms with Crippen LogP contribution in [-0.2, 0) is 22.6 Å². The van der Waals surface area contributed by atoms with Crippen LogP contribution in [-0.4, -0.2) is 72.6 Å². The molecule has 0 aromatic heterocycles. The normalized spacial score (nSPS) is 21.1. The first-order chi connectivity index (χ1) is 10.7. The summed E-state index contributed by atoms with van der Waals surface area (Å²) < 4.78 is 10.7. The Balaban J connectivity index is 1.70. The van der Waals surface area contributed by atoms with Crippen LogP contribution in [0.3, 0.4) is 0 Å². The Labute approximate surface area is 130 Å². The van der Waals surface area contributed by atoms with E-state index in [0.29, 0.717) is 13.1 Å². The summed E-state index contributed by atoms with van der Waals surface area (Å²) in [5.74, 6) is 0.324. The van der Waals surface area contributed by atoms with Gasteiger partial charge in [0.05, 0.1) is 26.4 Å². The van der Waals surface area contributed by atoms with Crippen molar-refractivity contribution in [1.82, 2.24) is 9.80 Å². The van der Waals surface area contributed by atoms with E-state index in [0.717, 1.165) is 63.7 Å². The molecular formula is C16H24N2O4. The third-order valence-corrected chi connectivity index (χ3v) is 4.28. The number of phenols is 2. The molecule has 2 N–H and O–H groups in total. The second-order valence-electron chi connectivity index (χ2n) is 5.89. The number of phenolic OH excluding ortho intramolecular Hbond substituents is 2. The predicted octanol–water partition coefficient (Wildman–Crippen LogP) is 0.762. The average molecular weight is 308 g/mol. The zero-order valence-electron chi connectivity index (χ0n) is 12.8. The van der Waals surface area contributed by atoms with E-state index in [1.54, 1.807) is 0 Å². The Morgan fingerprint density at radius 2 is 1.14 bits per heavy atom. The summed E-state index contributed by atoms with van der Waals surface area (Å²) in [5, 5.41) is 20.2. The topological polar surface area (TPSA) is 65.4 Å². The molecule has 0 radical (unpaired) electrons. The van der Waals surface area contributed by atoms with Crippen molar-refractivity contribution in [3.63, 3.8) is 0 Å². The smallest absolute Gasteiger partial charge is 0.123 e. The summed E-state index contributed by atoms with van der Waals surface area (Å²) in [6.45, 7) is 7.81. The molecular weight excluding hydrogens is 284 g/mol. The van der Waals surface area contributed by atoms with Crippen molar-refractivity contribution < 1.29 is 19.7 Å². The molecule has 2 aliphatic heterocycles. The fraction of sp³-hybridized carbons (Fsp3) is 0.625. The van der Waals surface area contributed by atoms with Gasteiger partial charge in [0.2, 0.25) is 0 Å². The van der Waals surface area contributed by atoms with Crippen molar-refractivity contribution in [2.45, 2.75) is 13.1 Å². The van der Waals surface area contributed by atoms with Crippen molar-refractivity contribution in [3.05, 3.63) is 23.3 Å². The lowest BCUT2D eigenvalue weighted by molar-refractivity contribution is 0.0329. The highest BCUT2D eigenvalue weighted by Crippen LogP contribution is 2.29. The first-order valence-electron chi connectivity index (χ1n) is 7.86. The molecule has 2 fully saturated rings. The van der Waals surface area contributed by atoms with E-state index in [-0.39, 0.29) is 11.5 Å². The molecule has 0 spiro atoms. The molecule has 0 aliphatic carbocycles. The molecule has 0 bridgehead atoms. The van der Waals surface area contributed by atoms with Gasteiger partial charge < -0.3 is 19.7 Å². The van der Waals surface area contributed by atoms with Crippen LogP contribution >= 0.6 is 0 Å². The van der Waals surface area contributed by atoms with E-state index < -0.39 is 0 Å². The quantitative estimate of drug-likeness (QED) is 0.856. The van der Waals surface area contributed by atoms with Gasteiger partial charge in [-0.3, -0.25) is 9.80 Å². The molecule has 0 amide bonds. The second kappa shape index (κ2) is 7.28. The number of benzene rings is 1. The third-order valence-electron chi connectivity index (χ3n) is 4.28. The van der Waals surface area contributed by atoms with Gasteiger partial charge in [0, 0.05) is 56.5 Å². The van der Waals surface area contributed by atoms with Gasteiger partial charge in [-0.05, 0) is 6.07 Å². The van der Waals surface area contributed by atoms with E-state index in [2.05, 4.69) is 9.80 Å². The van der Waals surface area contributed by atoms with Crippen LogP contribution in [0.5, 0.6) is 11.5 Å². The Kier molecular flexibility index (Phi) is 5.15. The number of morpholine rings is 2. The molecule has 2 heterocycles. The standard InChI is InChI=1S/C16H24N2O4/c19-15-10-16(20)14(12-18-3-7-22-8-4-18)9-13(15)11-17-1-5-21-6-2-17/h9-10,19-20H,1-8,11-12H2. The van der Waals surface area contributed by atoms with Gasteiger partial charge in [-0.1, -0.05) is 0 Å². The Hall–Kier alpha value is -1.34.